The fraction of sp³-hybridized carbons (Fsp3) is 0.556. The van der Waals surface area contributed by atoms with Crippen LogP contribution in [0.25, 0.3) is 0 Å². The lowest BCUT2D eigenvalue weighted by atomic mass is 9.99. The molecule has 4 amide bonds. The van der Waals surface area contributed by atoms with Crippen LogP contribution in [0.2, 0.25) is 0 Å². The first-order valence-electron chi connectivity index (χ1n) is 17.1. The lowest BCUT2D eigenvalue weighted by Gasteiger charge is -2.29. The highest BCUT2D eigenvalue weighted by molar-refractivity contribution is 5.94. The average Bonchev–Trinajstić information content (AvgIpc) is 3.36. The summed E-state index contributed by atoms with van der Waals surface area (Å²) in [5.74, 6) is -1.32. The Kier molecular flexibility index (Phi) is 16.4. The smallest absolute Gasteiger partial charge is 0.245 e. The molecular formula is C36H55N7O4. The van der Waals surface area contributed by atoms with Gasteiger partial charge in [-0.05, 0) is 82.1 Å². The number of carbonyl (C=O) groups is 4. The van der Waals surface area contributed by atoms with E-state index < -0.39 is 41.9 Å². The van der Waals surface area contributed by atoms with Crippen LogP contribution in [-0.4, -0.2) is 92.5 Å². The maximum atomic E-state index is 13.9. The number of hydrogen-bond donors (Lipinski definition) is 6. The molecule has 47 heavy (non-hydrogen) atoms. The molecular weight excluding hydrogens is 594 g/mol. The minimum atomic E-state index is -0.912. The number of benzene rings is 2. The molecule has 0 saturated carbocycles. The lowest BCUT2D eigenvalue weighted by molar-refractivity contribution is -0.138. The zero-order valence-electron chi connectivity index (χ0n) is 28.3. The minimum Gasteiger partial charge on any atom is -0.343 e. The van der Waals surface area contributed by atoms with E-state index in [1.807, 2.05) is 86.5 Å². The molecule has 0 aliphatic carbocycles. The predicted molar refractivity (Wildman–Crippen MR) is 185 cm³/mol. The summed E-state index contributed by atoms with van der Waals surface area (Å²) in [6, 6.07) is 15.9. The van der Waals surface area contributed by atoms with Crippen molar-refractivity contribution in [1.82, 2.24) is 31.5 Å². The van der Waals surface area contributed by atoms with Crippen LogP contribution in [0, 0.1) is 5.92 Å². The van der Waals surface area contributed by atoms with Gasteiger partial charge in [-0.2, -0.15) is 0 Å². The van der Waals surface area contributed by atoms with E-state index in [2.05, 4.69) is 26.6 Å². The van der Waals surface area contributed by atoms with Crippen molar-refractivity contribution in [3.63, 3.8) is 0 Å². The second-order valence-electron chi connectivity index (χ2n) is 12.8. The summed E-state index contributed by atoms with van der Waals surface area (Å²) in [6.45, 7) is 7.43. The molecule has 1 saturated heterocycles. The van der Waals surface area contributed by atoms with Crippen LogP contribution >= 0.6 is 0 Å². The molecule has 1 heterocycles. The maximum absolute atomic E-state index is 13.9. The van der Waals surface area contributed by atoms with E-state index in [9.17, 15) is 19.2 Å². The number of aryl methyl sites for hydroxylation is 1. The van der Waals surface area contributed by atoms with Gasteiger partial charge in [-0.3, -0.25) is 19.2 Å². The van der Waals surface area contributed by atoms with Gasteiger partial charge in [0.2, 0.25) is 23.6 Å². The molecule has 11 nitrogen and oxygen atoms in total. The maximum Gasteiger partial charge on any atom is 0.245 e. The zero-order chi connectivity index (χ0) is 34.0. The van der Waals surface area contributed by atoms with Crippen LogP contribution < -0.4 is 32.3 Å². The molecule has 2 aromatic carbocycles. The van der Waals surface area contributed by atoms with Crippen molar-refractivity contribution in [3.8, 4) is 0 Å². The Bertz CT molecular complexity index is 1240. The Morgan fingerprint density at radius 1 is 0.787 bits per heavy atom. The minimum absolute atomic E-state index is 0.0813. The van der Waals surface area contributed by atoms with Crippen molar-refractivity contribution in [2.75, 3.05) is 39.8 Å². The fourth-order valence-corrected chi connectivity index (χ4v) is 5.74. The quantitative estimate of drug-likeness (QED) is 0.134. The molecule has 3 rings (SSSR count). The molecule has 0 aromatic heterocycles. The molecule has 258 valence electrons. The Labute approximate surface area is 280 Å². The summed E-state index contributed by atoms with van der Waals surface area (Å²) >= 11 is 0. The van der Waals surface area contributed by atoms with Gasteiger partial charge < -0.3 is 37.2 Å². The zero-order valence-corrected chi connectivity index (χ0v) is 28.3. The van der Waals surface area contributed by atoms with Gasteiger partial charge in [-0.1, -0.05) is 74.5 Å². The molecule has 1 aliphatic rings. The highest BCUT2D eigenvalue weighted by Crippen LogP contribution is 2.12. The van der Waals surface area contributed by atoms with Crippen LogP contribution in [0.3, 0.4) is 0 Å². The van der Waals surface area contributed by atoms with E-state index in [0.29, 0.717) is 64.7 Å². The first kappa shape index (κ1) is 37.7. The van der Waals surface area contributed by atoms with Gasteiger partial charge in [0, 0.05) is 19.6 Å². The Morgan fingerprint density at radius 3 is 2.06 bits per heavy atom. The standard InChI is InChI=1S/C36H55N7O4/c1-26(2)24-32(35(46)41-31(16-10-19-38-3)36(47)43-22-11-20-39-21-23-43)42-34(45)30(18-17-27-12-6-4-7-13-27)40-33(44)29(37)25-28-14-8-5-9-15-28/h4-9,12-15,26,29-32,38-39H,10-11,16-25,37H2,1-3H3,(H,40,44)(H,41,46)(H,42,45)/t29-,30-,31-,32-/m1/s1. The van der Waals surface area contributed by atoms with E-state index in [4.69, 9.17) is 5.73 Å². The number of amides is 4. The third kappa shape index (κ3) is 13.5. The van der Waals surface area contributed by atoms with Crippen molar-refractivity contribution in [2.45, 2.75) is 83.0 Å². The van der Waals surface area contributed by atoms with Crippen molar-refractivity contribution in [3.05, 3.63) is 71.8 Å². The van der Waals surface area contributed by atoms with Gasteiger partial charge in [-0.15, -0.1) is 0 Å². The molecule has 1 aliphatic heterocycles. The first-order valence-corrected chi connectivity index (χ1v) is 17.1. The largest absolute Gasteiger partial charge is 0.343 e. The number of rotatable bonds is 18. The first-order chi connectivity index (χ1) is 22.7. The number of nitrogens with zero attached hydrogens (tertiary/aromatic N) is 1. The third-order valence-electron chi connectivity index (χ3n) is 8.36. The molecule has 11 heteroatoms. The number of carbonyl (C=O) groups excluding carboxylic acids is 4. The van der Waals surface area contributed by atoms with E-state index in [1.165, 1.54) is 0 Å². The van der Waals surface area contributed by atoms with Crippen molar-refractivity contribution in [1.29, 1.82) is 0 Å². The second kappa shape index (κ2) is 20.4. The number of nitrogens with two attached hydrogens (primary N) is 1. The fourth-order valence-electron chi connectivity index (χ4n) is 5.74. The monoisotopic (exact) mass is 649 g/mol. The second-order valence-corrected chi connectivity index (χ2v) is 12.8. The van der Waals surface area contributed by atoms with E-state index >= 15 is 0 Å². The summed E-state index contributed by atoms with van der Waals surface area (Å²) in [5.41, 5.74) is 8.22. The van der Waals surface area contributed by atoms with Gasteiger partial charge >= 0.3 is 0 Å². The molecule has 0 spiro atoms. The summed E-state index contributed by atoms with van der Waals surface area (Å²) in [5, 5.41) is 15.2. The van der Waals surface area contributed by atoms with Crippen molar-refractivity contribution < 1.29 is 19.2 Å². The van der Waals surface area contributed by atoms with Gasteiger partial charge in [0.15, 0.2) is 0 Å². The van der Waals surface area contributed by atoms with Crippen LogP contribution in [-0.2, 0) is 32.0 Å². The highest BCUT2D eigenvalue weighted by Gasteiger charge is 2.32. The molecule has 4 atom stereocenters. The molecule has 7 N–H and O–H groups in total. The van der Waals surface area contributed by atoms with E-state index in [0.717, 1.165) is 24.1 Å². The van der Waals surface area contributed by atoms with Gasteiger partial charge in [0.05, 0.1) is 6.04 Å². The molecule has 0 unspecified atom stereocenters. The normalized spacial score (nSPS) is 16.0. The molecule has 0 bridgehead atoms. The molecule has 0 radical (unpaired) electrons. The SMILES string of the molecule is CNCCC[C@@H](NC(=O)[C@@H](CC(C)C)NC(=O)[C@@H](CCc1ccccc1)NC(=O)[C@H](N)Cc1ccccc1)C(=O)N1CCCNCC1. The Balaban J connectivity index is 1.75. The predicted octanol–water partition coefficient (Wildman–Crippen LogP) is 1.51. The number of hydrogen-bond acceptors (Lipinski definition) is 7. The summed E-state index contributed by atoms with van der Waals surface area (Å²) in [7, 11) is 1.85. The Hall–Kier alpha value is -3.80. The lowest BCUT2D eigenvalue weighted by Crippen LogP contribution is -2.58. The summed E-state index contributed by atoms with van der Waals surface area (Å²) < 4.78 is 0. The van der Waals surface area contributed by atoms with E-state index in [-0.39, 0.29) is 11.8 Å². The van der Waals surface area contributed by atoms with Crippen LogP contribution in [0.5, 0.6) is 0 Å². The van der Waals surface area contributed by atoms with Crippen molar-refractivity contribution >= 4 is 23.6 Å². The summed E-state index contributed by atoms with van der Waals surface area (Å²) in [4.78, 5) is 56.3. The van der Waals surface area contributed by atoms with Gasteiger partial charge in [0.1, 0.15) is 18.1 Å². The average molecular weight is 650 g/mol. The molecule has 2 aromatic rings. The molecule has 1 fully saturated rings. The highest BCUT2D eigenvalue weighted by atomic mass is 16.2. The van der Waals surface area contributed by atoms with E-state index in [1.54, 1.807) is 0 Å². The topological polar surface area (TPSA) is 158 Å². The van der Waals surface area contributed by atoms with Gasteiger partial charge in [0.25, 0.3) is 0 Å². The number of nitrogens with one attached hydrogen (secondary N) is 5. The van der Waals surface area contributed by atoms with Gasteiger partial charge in [-0.25, -0.2) is 0 Å². The third-order valence-corrected chi connectivity index (χ3v) is 8.36. The van der Waals surface area contributed by atoms with Crippen molar-refractivity contribution in [2.24, 2.45) is 11.7 Å². The summed E-state index contributed by atoms with van der Waals surface area (Å²) in [6.07, 6.45) is 3.60. The Morgan fingerprint density at radius 2 is 1.40 bits per heavy atom. The van der Waals surface area contributed by atoms with Crippen LogP contribution in [0.1, 0.15) is 57.1 Å². The van der Waals surface area contributed by atoms with Crippen LogP contribution in [0.4, 0.5) is 0 Å². The van der Waals surface area contributed by atoms with Crippen LogP contribution in [0.15, 0.2) is 60.7 Å².